The molecule has 0 saturated carbocycles. The highest BCUT2D eigenvalue weighted by Crippen LogP contribution is 2.31. The van der Waals surface area contributed by atoms with E-state index < -0.39 is 0 Å². The van der Waals surface area contributed by atoms with Gasteiger partial charge in [-0.05, 0) is 44.4 Å². The van der Waals surface area contributed by atoms with Gasteiger partial charge >= 0.3 is 0 Å². The van der Waals surface area contributed by atoms with Gasteiger partial charge in [0.1, 0.15) is 0 Å². The molecule has 2 fully saturated rings. The zero-order valence-electron chi connectivity index (χ0n) is 13.0. The smallest absolute Gasteiger partial charge is 0.0605 e. The molecule has 2 atom stereocenters. The van der Waals surface area contributed by atoms with Gasteiger partial charge in [-0.2, -0.15) is 0 Å². The Hall–Kier alpha value is -1.09. The van der Waals surface area contributed by atoms with Gasteiger partial charge in [0.25, 0.3) is 0 Å². The maximum atomic E-state index is 4.50. The number of fused-ring (bicyclic) bond motifs is 1. The van der Waals surface area contributed by atoms with Crippen LogP contribution in [0, 0.1) is 12.8 Å². The molecule has 3 rings (SSSR count). The average molecular weight is 273 g/mol. The van der Waals surface area contributed by atoms with Crippen molar-refractivity contribution in [3.63, 3.8) is 0 Å². The topological polar surface area (TPSA) is 19.4 Å². The number of aromatic nitrogens is 1. The van der Waals surface area contributed by atoms with Crippen LogP contribution in [0.25, 0.3) is 0 Å². The molecule has 2 aliphatic rings. The standard InChI is InChI=1S/C17H27N3/c1-13(2)17-12-19-10-5-4-7-15(19)11-20(17)16-8-6-9-18-14(16)3/h6,8-9,13,15,17H,4-5,7,10-12H2,1-3H3. The molecular formula is C17H27N3. The van der Waals surface area contributed by atoms with Crippen LogP contribution in [-0.2, 0) is 0 Å². The second-order valence-corrected chi connectivity index (χ2v) is 6.72. The van der Waals surface area contributed by atoms with Crippen LogP contribution in [0.2, 0.25) is 0 Å². The van der Waals surface area contributed by atoms with E-state index >= 15 is 0 Å². The Kier molecular flexibility index (Phi) is 3.97. The monoisotopic (exact) mass is 273 g/mol. The van der Waals surface area contributed by atoms with E-state index in [9.17, 15) is 0 Å². The highest BCUT2D eigenvalue weighted by molar-refractivity contribution is 5.51. The van der Waals surface area contributed by atoms with Crippen molar-refractivity contribution in [1.29, 1.82) is 0 Å². The summed E-state index contributed by atoms with van der Waals surface area (Å²) in [5.41, 5.74) is 2.51. The zero-order chi connectivity index (χ0) is 14.1. The number of nitrogens with zero attached hydrogens (tertiary/aromatic N) is 3. The summed E-state index contributed by atoms with van der Waals surface area (Å²) >= 11 is 0. The van der Waals surface area contributed by atoms with E-state index in [0.717, 1.165) is 6.04 Å². The molecule has 2 unspecified atom stereocenters. The summed E-state index contributed by atoms with van der Waals surface area (Å²) in [6, 6.07) is 5.69. The molecule has 0 amide bonds. The van der Waals surface area contributed by atoms with E-state index in [2.05, 4.69) is 47.7 Å². The number of pyridine rings is 1. The lowest BCUT2D eigenvalue weighted by Crippen LogP contribution is -2.61. The molecule has 1 aromatic rings. The number of piperidine rings is 1. The van der Waals surface area contributed by atoms with Gasteiger partial charge in [0.2, 0.25) is 0 Å². The van der Waals surface area contributed by atoms with Crippen LogP contribution < -0.4 is 4.90 Å². The molecule has 1 aromatic heterocycles. The van der Waals surface area contributed by atoms with Gasteiger partial charge in [-0.1, -0.05) is 20.3 Å². The van der Waals surface area contributed by atoms with Gasteiger partial charge in [0.05, 0.1) is 11.4 Å². The molecule has 110 valence electrons. The minimum absolute atomic E-state index is 0.618. The fraction of sp³-hybridized carbons (Fsp3) is 0.706. The van der Waals surface area contributed by atoms with Crippen molar-refractivity contribution >= 4 is 5.69 Å². The molecule has 2 saturated heterocycles. The third-order valence-corrected chi connectivity index (χ3v) is 5.04. The van der Waals surface area contributed by atoms with Gasteiger partial charge in [0.15, 0.2) is 0 Å². The van der Waals surface area contributed by atoms with Crippen LogP contribution in [0.4, 0.5) is 5.69 Å². The van der Waals surface area contributed by atoms with Gasteiger partial charge in [0, 0.05) is 31.4 Å². The van der Waals surface area contributed by atoms with Crippen molar-refractivity contribution in [2.24, 2.45) is 5.92 Å². The molecule has 0 radical (unpaired) electrons. The number of hydrogen-bond acceptors (Lipinski definition) is 3. The highest BCUT2D eigenvalue weighted by Gasteiger charge is 2.36. The van der Waals surface area contributed by atoms with Gasteiger partial charge in [-0.3, -0.25) is 9.88 Å². The number of anilines is 1. The van der Waals surface area contributed by atoms with Gasteiger partial charge in [-0.25, -0.2) is 0 Å². The molecule has 0 aromatic carbocycles. The normalized spacial score (nSPS) is 27.7. The van der Waals surface area contributed by atoms with Crippen molar-refractivity contribution < 1.29 is 0 Å². The molecule has 0 spiro atoms. The third kappa shape index (κ3) is 2.56. The van der Waals surface area contributed by atoms with Crippen molar-refractivity contribution in [3.05, 3.63) is 24.0 Å². The summed E-state index contributed by atoms with van der Waals surface area (Å²) in [5.74, 6) is 0.678. The van der Waals surface area contributed by atoms with E-state index in [4.69, 9.17) is 0 Å². The maximum Gasteiger partial charge on any atom is 0.0605 e. The van der Waals surface area contributed by atoms with Crippen molar-refractivity contribution in [2.75, 3.05) is 24.5 Å². The van der Waals surface area contributed by atoms with Crippen LogP contribution in [0.15, 0.2) is 18.3 Å². The molecule has 0 N–H and O–H groups in total. The lowest BCUT2D eigenvalue weighted by atomic mass is 9.91. The zero-order valence-corrected chi connectivity index (χ0v) is 13.0. The molecule has 0 bridgehead atoms. The lowest BCUT2D eigenvalue weighted by Gasteiger charge is -2.51. The van der Waals surface area contributed by atoms with Crippen LogP contribution in [-0.4, -0.2) is 41.6 Å². The first-order valence-electron chi connectivity index (χ1n) is 8.09. The fourth-order valence-corrected chi connectivity index (χ4v) is 3.84. The van der Waals surface area contributed by atoms with Crippen LogP contribution in [0.5, 0.6) is 0 Å². The number of hydrogen-bond donors (Lipinski definition) is 0. The number of piperazine rings is 1. The average Bonchev–Trinajstić information content (AvgIpc) is 2.46. The largest absolute Gasteiger partial charge is 0.364 e. The molecule has 3 heterocycles. The Morgan fingerprint density at radius 3 is 2.85 bits per heavy atom. The predicted octanol–water partition coefficient (Wildman–Crippen LogP) is 3.09. The summed E-state index contributed by atoms with van der Waals surface area (Å²) in [5, 5.41) is 0. The maximum absolute atomic E-state index is 4.50. The van der Waals surface area contributed by atoms with E-state index in [1.165, 1.54) is 50.3 Å². The summed E-state index contributed by atoms with van der Waals surface area (Å²) in [6.07, 6.45) is 6.04. The second kappa shape index (κ2) is 5.72. The molecule has 20 heavy (non-hydrogen) atoms. The summed E-state index contributed by atoms with van der Waals surface area (Å²) < 4.78 is 0. The highest BCUT2D eigenvalue weighted by atomic mass is 15.3. The first-order valence-corrected chi connectivity index (χ1v) is 8.09. The minimum atomic E-state index is 0.618. The first-order chi connectivity index (χ1) is 9.66. The van der Waals surface area contributed by atoms with E-state index in [1.54, 1.807) is 0 Å². The number of rotatable bonds is 2. The third-order valence-electron chi connectivity index (χ3n) is 5.04. The first kappa shape index (κ1) is 13.9. The molecule has 2 aliphatic heterocycles. The van der Waals surface area contributed by atoms with Gasteiger partial charge in [-0.15, -0.1) is 0 Å². The molecule has 0 aliphatic carbocycles. The quantitative estimate of drug-likeness (QED) is 0.825. The SMILES string of the molecule is Cc1ncccc1N1CC2CCCCN2CC1C(C)C. The predicted molar refractivity (Wildman–Crippen MR) is 84.2 cm³/mol. The molecular weight excluding hydrogens is 246 g/mol. The summed E-state index contributed by atoms with van der Waals surface area (Å²) in [6.45, 7) is 10.5. The van der Waals surface area contributed by atoms with Crippen LogP contribution in [0.1, 0.15) is 38.8 Å². The number of aryl methyl sites for hydroxylation is 1. The van der Waals surface area contributed by atoms with E-state index in [1.807, 2.05) is 6.20 Å². The van der Waals surface area contributed by atoms with E-state index in [-0.39, 0.29) is 0 Å². The Labute approximate surface area is 123 Å². The Bertz CT molecular complexity index is 457. The van der Waals surface area contributed by atoms with E-state index in [0.29, 0.717) is 12.0 Å². The Balaban J connectivity index is 1.88. The molecule has 3 heteroatoms. The van der Waals surface area contributed by atoms with Crippen LogP contribution >= 0.6 is 0 Å². The Morgan fingerprint density at radius 2 is 2.10 bits per heavy atom. The van der Waals surface area contributed by atoms with Crippen molar-refractivity contribution in [1.82, 2.24) is 9.88 Å². The Morgan fingerprint density at radius 1 is 1.25 bits per heavy atom. The van der Waals surface area contributed by atoms with Crippen LogP contribution in [0.3, 0.4) is 0 Å². The summed E-state index contributed by atoms with van der Waals surface area (Å²) in [4.78, 5) is 9.87. The summed E-state index contributed by atoms with van der Waals surface area (Å²) in [7, 11) is 0. The lowest BCUT2D eigenvalue weighted by molar-refractivity contribution is 0.100. The fourth-order valence-electron chi connectivity index (χ4n) is 3.84. The van der Waals surface area contributed by atoms with Gasteiger partial charge < -0.3 is 4.90 Å². The second-order valence-electron chi connectivity index (χ2n) is 6.72. The minimum Gasteiger partial charge on any atom is -0.364 e. The van der Waals surface area contributed by atoms with Crippen molar-refractivity contribution in [2.45, 2.75) is 52.1 Å². The van der Waals surface area contributed by atoms with Crippen molar-refractivity contribution in [3.8, 4) is 0 Å². The molecule has 3 nitrogen and oxygen atoms in total.